The molecule has 0 aromatic heterocycles. The van der Waals surface area contributed by atoms with Crippen molar-refractivity contribution in [3.63, 3.8) is 0 Å². The molecule has 0 bridgehead atoms. The van der Waals surface area contributed by atoms with E-state index < -0.39 is 22.5 Å². The van der Waals surface area contributed by atoms with Crippen LogP contribution in [0.1, 0.15) is 12.5 Å². The molecule has 0 aliphatic rings. The van der Waals surface area contributed by atoms with Crippen LogP contribution in [-0.4, -0.2) is 59.6 Å². The van der Waals surface area contributed by atoms with Crippen LogP contribution in [0.3, 0.4) is 0 Å². The number of carbonyl (C=O) groups is 2. The second-order valence-electron chi connectivity index (χ2n) is 8.10. The van der Waals surface area contributed by atoms with E-state index >= 15 is 0 Å². The van der Waals surface area contributed by atoms with Crippen LogP contribution in [0.5, 0.6) is 17.2 Å². The van der Waals surface area contributed by atoms with E-state index in [-0.39, 0.29) is 18.2 Å². The average Bonchev–Trinajstić information content (AvgIpc) is 2.92. The number of sulfonamides is 1. The summed E-state index contributed by atoms with van der Waals surface area (Å²) in [6.45, 7) is 1.46. The van der Waals surface area contributed by atoms with Crippen LogP contribution < -0.4 is 29.3 Å². The zero-order valence-corrected chi connectivity index (χ0v) is 22.6. The lowest BCUT2D eigenvalue weighted by Crippen LogP contribution is -2.39. The summed E-state index contributed by atoms with van der Waals surface area (Å²) in [6.07, 6.45) is 2.41. The van der Waals surface area contributed by atoms with Gasteiger partial charge in [-0.25, -0.2) is 13.8 Å². The van der Waals surface area contributed by atoms with Gasteiger partial charge in [-0.1, -0.05) is 12.1 Å². The summed E-state index contributed by atoms with van der Waals surface area (Å²) in [6, 6.07) is 20.2. The van der Waals surface area contributed by atoms with E-state index in [0.29, 0.717) is 35.1 Å². The molecule has 0 fully saturated rings. The molecule has 0 aliphatic heterocycles. The molecule has 0 spiro atoms. The Balaban J connectivity index is 1.51. The Morgan fingerprint density at radius 3 is 2.23 bits per heavy atom. The summed E-state index contributed by atoms with van der Waals surface area (Å²) in [5.41, 5.74) is 3.86. The number of hydrazone groups is 1. The number of nitrogens with zero attached hydrogens (tertiary/aromatic N) is 2. The Labute approximate surface area is 227 Å². The zero-order valence-electron chi connectivity index (χ0n) is 21.8. The van der Waals surface area contributed by atoms with E-state index in [1.807, 2.05) is 0 Å². The highest BCUT2D eigenvalue weighted by Crippen LogP contribution is 2.29. The SMILES string of the molecule is CCOc1ccccc1N(CC(=O)N/N=C\c1ccc(OCC(=O)Nc2ccc(OC)cc2)cc1)S(C)(=O)=O. The number of anilines is 2. The van der Waals surface area contributed by atoms with Gasteiger partial charge in [0.2, 0.25) is 10.0 Å². The van der Waals surface area contributed by atoms with Gasteiger partial charge >= 0.3 is 0 Å². The van der Waals surface area contributed by atoms with Crippen LogP contribution >= 0.6 is 0 Å². The standard InChI is InChI=1S/C27H30N4O7S/c1-4-37-25-8-6-5-7-24(25)31(39(3,34)35)18-26(32)30-28-17-20-9-13-23(14-10-20)38-19-27(33)29-21-11-15-22(36-2)16-12-21/h5-17H,4,18-19H2,1-3H3,(H,29,33)(H,30,32)/b28-17-. The monoisotopic (exact) mass is 554 g/mol. The number of hydrogen-bond donors (Lipinski definition) is 2. The second-order valence-corrected chi connectivity index (χ2v) is 10.0. The van der Waals surface area contributed by atoms with Gasteiger partial charge in [-0.15, -0.1) is 0 Å². The molecule has 0 unspecified atom stereocenters. The van der Waals surface area contributed by atoms with Crippen molar-refractivity contribution in [1.29, 1.82) is 0 Å². The van der Waals surface area contributed by atoms with E-state index in [0.717, 1.165) is 10.6 Å². The summed E-state index contributed by atoms with van der Waals surface area (Å²) in [5.74, 6) is 0.554. The molecule has 12 heteroatoms. The quantitative estimate of drug-likeness (QED) is 0.245. The molecule has 11 nitrogen and oxygen atoms in total. The molecule has 2 amide bonds. The average molecular weight is 555 g/mol. The number of hydrogen-bond acceptors (Lipinski definition) is 8. The molecule has 0 heterocycles. The van der Waals surface area contributed by atoms with Gasteiger partial charge in [0.25, 0.3) is 11.8 Å². The molecule has 3 rings (SSSR count). The minimum atomic E-state index is -3.78. The summed E-state index contributed by atoms with van der Waals surface area (Å²) >= 11 is 0. The largest absolute Gasteiger partial charge is 0.497 e. The minimum Gasteiger partial charge on any atom is -0.497 e. The number of benzene rings is 3. The lowest BCUT2D eigenvalue weighted by molar-refractivity contribution is -0.119. The number of rotatable bonds is 13. The van der Waals surface area contributed by atoms with Gasteiger partial charge in [0.05, 0.1) is 31.9 Å². The molecule has 3 aromatic rings. The molecule has 0 saturated carbocycles. The van der Waals surface area contributed by atoms with Crippen LogP contribution in [-0.2, 0) is 19.6 Å². The smallest absolute Gasteiger partial charge is 0.262 e. The highest BCUT2D eigenvalue weighted by Gasteiger charge is 2.23. The van der Waals surface area contributed by atoms with Crippen LogP contribution in [0.25, 0.3) is 0 Å². The summed E-state index contributed by atoms with van der Waals surface area (Å²) < 4.78 is 41.8. The summed E-state index contributed by atoms with van der Waals surface area (Å²) in [4.78, 5) is 24.6. The van der Waals surface area contributed by atoms with Crippen molar-refractivity contribution in [2.75, 3.05) is 42.7 Å². The van der Waals surface area contributed by atoms with Crippen molar-refractivity contribution >= 4 is 39.4 Å². The first-order valence-electron chi connectivity index (χ1n) is 11.9. The summed E-state index contributed by atoms with van der Waals surface area (Å²) in [5, 5.41) is 6.63. The first-order chi connectivity index (χ1) is 18.7. The third kappa shape index (κ3) is 9.04. The number of nitrogens with one attached hydrogen (secondary N) is 2. The minimum absolute atomic E-state index is 0.182. The third-order valence-corrected chi connectivity index (χ3v) is 6.27. The van der Waals surface area contributed by atoms with Crippen molar-refractivity contribution in [3.8, 4) is 17.2 Å². The number of carbonyl (C=O) groups excluding carboxylic acids is 2. The highest BCUT2D eigenvalue weighted by molar-refractivity contribution is 7.92. The van der Waals surface area contributed by atoms with E-state index in [1.54, 1.807) is 86.8 Å². The Morgan fingerprint density at radius 1 is 0.923 bits per heavy atom. The molecule has 39 heavy (non-hydrogen) atoms. The van der Waals surface area contributed by atoms with E-state index in [4.69, 9.17) is 14.2 Å². The van der Waals surface area contributed by atoms with E-state index in [1.165, 1.54) is 6.21 Å². The van der Waals surface area contributed by atoms with Crippen LogP contribution in [0.15, 0.2) is 77.9 Å². The van der Waals surface area contributed by atoms with Gasteiger partial charge in [-0.2, -0.15) is 5.10 Å². The van der Waals surface area contributed by atoms with Gasteiger partial charge in [-0.05, 0) is 73.2 Å². The maximum absolute atomic E-state index is 12.5. The van der Waals surface area contributed by atoms with Gasteiger partial charge in [0, 0.05) is 5.69 Å². The van der Waals surface area contributed by atoms with Crippen molar-refractivity contribution in [2.24, 2.45) is 5.10 Å². The molecule has 0 aliphatic carbocycles. The highest BCUT2D eigenvalue weighted by atomic mass is 32.2. The lowest BCUT2D eigenvalue weighted by atomic mass is 10.2. The molecular formula is C27H30N4O7S. The normalized spacial score (nSPS) is 11.1. The third-order valence-electron chi connectivity index (χ3n) is 5.15. The van der Waals surface area contributed by atoms with Crippen LogP contribution in [0.2, 0.25) is 0 Å². The molecular weight excluding hydrogens is 524 g/mol. The van der Waals surface area contributed by atoms with Gasteiger partial charge in [-0.3, -0.25) is 13.9 Å². The molecule has 0 atom stereocenters. The lowest BCUT2D eigenvalue weighted by Gasteiger charge is -2.23. The molecule has 0 saturated heterocycles. The van der Waals surface area contributed by atoms with Crippen LogP contribution in [0.4, 0.5) is 11.4 Å². The maximum atomic E-state index is 12.5. The first kappa shape index (κ1) is 29.0. The summed E-state index contributed by atoms with van der Waals surface area (Å²) in [7, 11) is -2.21. The Morgan fingerprint density at radius 2 is 1.59 bits per heavy atom. The second kappa shape index (κ2) is 13.8. The van der Waals surface area contributed by atoms with Crippen molar-refractivity contribution in [2.45, 2.75) is 6.92 Å². The Hall–Kier alpha value is -4.58. The number of para-hydroxylation sites is 2. The van der Waals surface area contributed by atoms with Gasteiger partial charge in [0.15, 0.2) is 6.61 Å². The molecule has 0 radical (unpaired) electrons. The number of ether oxygens (including phenoxy) is 3. The molecule has 3 aromatic carbocycles. The number of amides is 2. The predicted molar refractivity (Wildman–Crippen MR) is 149 cm³/mol. The van der Waals surface area contributed by atoms with Gasteiger partial charge < -0.3 is 19.5 Å². The fourth-order valence-corrected chi connectivity index (χ4v) is 4.20. The van der Waals surface area contributed by atoms with Gasteiger partial charge in [0.1, 0.15) is 23.8 Å². The van der Waals surface area contributed by atoms with Crippen molar-refractivity contribution in [3.05, 3.63) is 78.4 Å². The first-order valence-corrected chi connectivity index (χ1v) is 13.7. The maximum Gasteiger partial charge on any atom is 0.262 e. The van der Waals surface area contributed by atoms with Crippen LogP contribution in [0, 0.1) is 0 Å². The topological polar surface area (TPSA) is 136 Å². The number of methoxy groups -OCH3 is 1. The Kier molecular flexibility index (Phi) is 10.3. The van der Waals surface area contributed by atoms with Crippen molar-refractivity contribution in [1.82, 2.24) is 5.43 Å². The van der Waals surface area contributed by atoms with Crippen molar-refractivity contribution < 1.29 is 32.2 Å². The molecule has 206 valence electrons. The molecule has 2 N–H and O–H groups in total. The fourth-order valence-electron chi connectivity index (χ4n) is 3.34. The van der Waals surface area contributed by atoms with E-state index in [9.17, 15) is 18.0 Å². The predicted octanol–water partition coefficient (Wildman–Crippen LogP) is 3.03. The zero-order chi connectivity index (χ0) is 28.3. The fraction of sp³-hybridized carbons (Fsp3) is 0.222. The van der Waals surface area contributed by atoms with E-state index in [2.05, 4.69) is 15.8 Å². The Bertz CT molecular complexity index is 1390.